The lowest BCUT2D eigenvalue weighted by atomic mass is 10.0. The molecule has 0 radical (unpaired) electrons. The van der Waals surface area contributed by atoms with Gasteiger partial charge in [-0.15, -0.1) is 11.3 Å². The maximum atomic E-state index is 13.6. The lowest BCUT2D eigenvalue weighted by Crippen LogP contribution is -2.48. The molecule has 186 valence electrons. The number of para-hydroxylation sites is 2. The van der Waals surface area contributed by atoms with E-state index in [9.17, 15) is 9.59 Å². The van der Waals surface area contributed by atoms with Crippen LogP contribution < -0.4 is 9.47 Å². The zero-order chi connectivity index (χ0) is 24.6. The van der Waals surface area contributed by atoms with E-state index in [0.29, 0.717) is 37.6 Å². The van der Waals surface area contributed by atoms with Crippen LogP contribution in [0.25, 0.3) is 0 Å². The number of amides is 2. The van der Waals surface area contributed by atoms with Crippen LogP contribution in [0, 0.1) is 0 Å². The Balaban J connectivity index is 1.52. The molecule has 3 aromatic rings. The van der Waals surface area contributed by atoms with Crippen LogP contribution in [0.5, 0.6) is 11.5 Å². The Kier molecular flexibility index (Phi) is 8.44. The van der Waals surface area contributed by atoms with Crippen LogP contribution >= 0.6 is 11.3 Å². The Hall–Kier alpha value is -3.30. The Bertz CT molecular complexity index is 1110. The highest BCUT2D eigenvalue weighted by Gasteiger charge is 2.34. The number of benzene rings is 1. The average Bonchev–Trinajstić information content (AvgIpc) is 3.59. The molecule has 3 heterocycles. The maximum absolute atomic E-state index is 13.6. The molecular weight excluding hydrogens is 468 g/mol. The molecule has 1 aliphatic rings. The second kappa shape index (κ2) is 11.9. The highest BCUT2D eigenvalue weighted by atomic mass is 32.1. The topological polar surface area (TPSA) is 81.5 Å². The molecule has 1 aliphatic heterocycles. The summed E-state index contributed by atoms with van der Waals surface area (Å²) in [6, 6.07) is 12.5. The first-order valence-corrected chi connectivity index (χ1v) is 12.4. The molecule has 1 aromatic carbocycles. The van der Waals surface area contributed by atoms with Crippen molar-refractivity contribution in [2.45, 2.75) is 18.9 Å². The second-order valence-electron chi connectivity index (χ2n) is 8.16. The van der Waals surface area contributed by atoms with Crippen molar-refractivity contribution in [2.24, 2.45) is 0 Å². The third kappa shape index (κ3) is 5.86. The number of hydrogen-bond acceptors (Lipinski definition) is 7. The van der Waals surface area contributed by atoms with Crippen LogP contribution in [0.15, 0.2) is 58.5 Å². The number of thiophene rings is 1. The van der Waals surface area contributed by atoms with Crippen LogP contribution in [0.3, 0.4) is 0 Å². The number of hydrogen-bond donors (Lipinski definition) is 0. The van der Waals surface area contributed by atoms with Crippen LogP contribution in [0.2, 0.25) is 0 Å². The minimum Gasteiger partial charge on any atom is -0.493 e. The number of ether oxygens (including phenoxy) is 3. The molecule has 0 saturated heterocycles. The van der Waals surface area contributed by atoms with Crippen molar-refractivity contribution in [3.05, 3.63) is 70.3 Å². The van der Waals surface area contributed by atoms with Crippen LogP contribution in [0.4, 0.5) is 0 Å². The minimum absolute atomic E-state index is 0.0477. The van der Waals surface area contributed by atoms with Crippen molar-refractivity contribution in [1.29, 1.82) is 0 Å². The van der Waals surface area contributed by atoms with E-state index in [1.54, 1.807) is 37.7 Å². The SMILES string of the molecule is COCCCN(CC(=O)N1CCc2sccc2C1COc1ccccc1OC)C(=O)c1ccco1. The molecule has 35 heavy (non-hydrogen) atoms. The van der Waals surface area contributed by atoms with Crippen LogP contribution in [-0.4, -0.2) is 68.7 Å². The van der Waals surface area contributed by atoms with Gasteiger partial charge in [-0.25, -0.2) is 0 Å². The minimum atomic E-state index is -0.311. The van der Waals surface area contributed by atoms with Crippen LogP contribution in [0.1, 0.15) is 33.5 Å². The first kappa shape index (κ1) is 24.8. The van der Waals surface area contributed by atoms with Gasteiger partial charge in [-0.2, -0.15) is 0 Å². The molecule has 8 nitrogen and oxygen atoms in total. The van der Waals surface area contributed by atoms with E-state index in [-0.39, 0.29) is 36.8 Å². The first-order valence-electron chi connectivity index (χ1n) is 11.6. The summed E-state index contributed by atoms with van der Waals surface area (Å²) in [5.74, 6) is 1.03. The summed E-state index contributed by atoms with van der Waals surface area (Å²) in [5, 5.41) is 2.05. The normalized spacial score (nSPS) is 14.9. The molecule has 0 fully saturated rings. The maximum Gasteiger partial charge on any atom is 0.290 e. The number of rotatable bonds is 11. The average molecular weight is 499 g/mol. The van der Waals surface area contributed by atoms with Crippen molar-refractivity contribution in [1.82, 2.24) is 9.80 Å². The van der Waals surface area contributed by atoms with Gasteiger partial charge in [0.05, 0.1) is 19.4 Å². The summed E-state index contributed by atoms with van der Waals surface area (Å²) >= 11 is 1.69. The van der Waals surface area contributed by atoms with Gasteiger partial charge in [0, 0.05) is 31.7 Å². The van der Waals surface area contributed by atoms with Crippen molar-refractivity contribution in [3.8, 4) is 11.5 Å². The van der Waals surface area contributed by atoms with Gasteiger partial charge in [0.25, 0.3) is 5.91 Å². The summed E-state index contributed by atoms with van der Waals surface area (Å²) in [6.45, 7) is 1.68. The number of furan rings is 1. The summed E-state index contributed by atoms with van der Waals surface area (Å²) in [7, 11) is 3.21. The monoisotopic (exact) mass is 498 g/mol. The summed E-state index contributed by atoms with van der Waals surface area (Å²) in [5.41, 5.74) is 1.09. The van der Waals surface area contributed by atoms with Gasteiger partial charge in [-0.3, -0.25) is 9.59 Å². The molecule has 0 N–H and O–H groups in total. The quantitative estimate of drug-likeness (QED) is 0.371. The number of carbonyl (C=O) groups is 2. The molecule has 1 unspecified atom stereocenters. The van der Waals surface area contributed by atoms with Crippen molar-refractivity contribution < 1.29 is 28.2 Å². The smallest absolute Gasteiger partial charge is 0.290 e. The van der Waals surface area contributed by atoms with E-state index in [4.69, 9.17) is 18.6 Å². The molecule has 0 aliphatic carbocycles. The van der Waals surface area contributed by atoms with Gasteiger partial charge in [-0.1, -0.05) is 12.1 Å². The first-order chi connectivity index (χ1) is 17.1. The fourth-order valence-corrected chi connectivity index (χ4v) is 5.17. The summed E-state index contributed by atoms with van der Waals surface area (Å²) in [4.78, 5) is 31.2. The number of methoxy groups -OCH3 is 2. The van der Waals surface area contributed by atoms with Gasteiger partial charge in [0.1, 0.15) is 13.2 Å². The van der Waals surface area contributed by atoms with E-state index in [1.807, 2.05) is 34.5 Å². The predicted octanol–water partition coefficient (Wildman–Crippen LogP) is 4.03. The number of nitrogens with zero attached hydrogens (tertiary/aromatic N) is 2. The molecule has 2 amide bonds. The second-order valence-corrected chi connectivity index (χ2v) is 9.16. The molecule has 0 spiro atoms. The van der Waals surface area contributed by atoms with Crippen molar-refractivity contribution >= 4 is 23.2 Å². The third-order valence-corrected chi connectivity index (χ3v) is 7.00. The molecule has 9 heteroatoms. The highest BCUT2D eigenvalue weighted by molar-refractivity contribution is 7.10. The van der Waals surface area contributed by atoms with E-state index < -0.39 is 0 Å². The number of fused-ring (bicyclic) bond motifs is 1. The lowest BCUT2D eigenvalue weighted by Gasteiger charge is -2.37. The standard InChI is InChI=1S/C26H30N2O6S/c1-31-14-6-12-27(26(30)23-9-5-15-33-23)17-25(29)28-13-10-24-19(11-16-35-24)20(28)18-34-22-8-4-3-7-21(22)32-2/h3-5,7-9,11,15-16,20H,6,10,12-14,17-18H2,1-2H3. The van der Waals surface area contributed by atoms with Gasteiger partial charge in [-0.05, 0) is 54.1 Å². The molecule has 4 rings (SSSR count). The Morgan fingerprint density at radius 1 is 1.14 bits per heavy atom. The van der Waals surface area contributed by atoms with E-state index in [2.05, 4.69) is 6.07 Å². The third-order valence-electron chi connectivity index (χ3n) is 6.00. The molecule has 0 saturated carbocycles. The highest BCUT2D eigenvalue weighted by Crippen LogP contribution is 2.35. The van der Waals surface area contributed by atoms with Crippen molar-refractivity contribution in [3.63, 3.8) is 0 Å². The fraction of sp³-hybridized carbons (Fsp3) is 0.385. The van der Waals surface area contributed by atoms with E-state index >= 15 is 0 Å². The molecule has 0 bridgehead atoms. The van der Waals surface area contributed by atoms with Gasteiger partial charge >= 0.3 is 0 Å². The van der Waals surface area contributed by atoms with Gasteiger partial charge < -0.3 is 28.4 Å². The van der Waals surface area contributed by atoms with Gasteiger partial charge in [0.2, 0.25) is 5.91 Å². The van der Waals surface area contributed by atoms with Crippen LogP contribution in [-0.2, 0) is 16.0 Å². The van der Waals surface area contributed by atoms with Gasteiger partial charge in [0.15, 0.2) is 17.3 Å². The summed E-state index contributed by atoms with van der Waals surface area (Å²) < 4.78 is 22.0. The molecule has 2 aromatic heterocycles. The Labute approximate surface area is 209 Å². The fourth-order valence-electron chi connectivity index (χ4n) is 4.24. The Morgan fingerprint density at radius 3 is 2.71 bits per heavy atom. The molecule has 1 atom stereocenters. The lowest BCUT2D eigenvalue weighted by molar-refractivity contribution is -0.135. The van der Waals surface area contributed by atoms with E-state index in [1.165, 1.54) is 16.0 Å². The number of carbonyl (C=O) groups excluding carboxylic acids is 2. The Morgan fingerprint density at radius 2 is 1.97 bits per heavy atom. The molecular formula is C26H30N2O6S. The zero-order valence-corrected chi connectivity index (χ0v) is 20.8. The predicted molar refractivity (Wildman–Crippen MR) is 132 cm³/mol. The largest absolute Gasteiger partial charge is 0.493 e. The van der Waals surface area contributed by atoms with E-state index in [0.717, 1.165) is 12.0 Å². The zero-order valence-electron chi connectivity index (χ0n) is 20.0. The van der Waals surface area contributed by atoms with Crippen molar-refractivity contribution in [2.75, 3.05) is 47.1 Å². The summed E-state index contributed by atoms with van der Waals surface area (Å²) in [6.07, 6.45) is 2.85.